The smallest absolute Gasteiger partial charge is 0.0340 e. The highest BCUT2D eigenvalue weighted by Gasteiger charge is 2.04. The summed E-state index contributed by atoms with van der Waals surface area (Å²) >= 11 is 12.9. The molecule has 12 heavy (non-hydrogen) atoms. The number of alkyl halides is 1. The lowest BCUT2D eigenvalue weighted by Gasteiger charge is -2.05. The van der Waals surface area contributed by atoms with Gasteiger partial charge in [0, 0.05) is 26.2 Å². The first kappa shape index (κ1) is 10.9. The quantitative estimate of drug-likeness (QED) is 0.740. The second-order valence-electron chi connectivity index (χ2n) is 2.47. The first-order chi connectivity index (χ1) is 5.74. The average Bonchev–Trinajstić information content (AvgIpc) is 2.47. The standard InChI is InChI=1S/C8H10BrClS2/c1-6(4-10)12-5-8-7(9)2-3-11-8/h2-3,6H,4-5H2,1H3. The molecule has 1 unspecified atom stereocenters. The van der Waals surface area contributed by atoms with Crippen LogP contribution in [-0.4, -0.2) is 11.1 Å². The molecule has 0 aliphatic carbocycles. The van der Waals surface area contributed by atoms with E-state index in [-0.39, 0.29) is 0 Å². The molecule has 1 atom stereocenters. The maximum absolute atomic E-state index is 5.70. The third kappa shape index (κ3) is 3.29. The molecule has 0 spiro atoms. The van der Waals surface area contributed by atoms with Crippen LogP contribution in [0, 0.1) is 0 Å². The minimum absolute atomic E-state index is 0.542. The van der Waals surface area contributed by atoms with Crippen molar-refractivity contribution in [3.8, 4) is 0 Å². The van der Waals surface area contributed by atoms with E-state index < -0.39 is 0 Å². The van der Waals surface area contributed by atoms with Crippen molar-refractivity contribution in [3.05, 3.63) is 20.8 Å². The number of thiophene rings is 1. The van der Waals surface area contributed by atoms with Gasteiger partial charge >= 0.3 is 0 Å². The fraction of sp³-hybridized carbons (Fsp3) is 0.500. The van der Waals surface area contributed by atoms with Crippen LogP contribution in [0.3, 0.4) is 0 Å². The molecule has 0 saturated carbocycles. The van der Waals surface area contributed by atoms with Gasteiger partial charge in [0.1, 0.15) is 0 Å². The molecule has 0 saturated heterocycles. The molecule has 0 N–H and O–H groups in total. The summed E-state index contributed by atoms with van der Waals surface area (Å²) in [7, 11) is 0. The van der Waals surface area contributed by atoms with Gasteiger partial charge in [-0.3, -0.25) is 0 Å². The molecule has 0 aliphatic rings. The minimum atomic E-state index is 0.542. The van der Waals surface area contributed by atoms with E-state index in [0.717, 1.165) is 11.6 Å². The van der Waals surface area contributed by atoms with Crippen LogP contribution in [0.2, 0.25) is 0 Å². The highest BCUT2D eigenvalue weighted by Crippen LogP contribution is 2.28. The third-order valence-corrected chi connectivity index (χ3v) is 5.35. The number of halogens is 2. The lowest BCUT2D eigenvalue weighted by Crippen LogP contribution is -1.96. The Hall–Kier alpha value is 0.820. The Morgan fingerprint density at radius 1 is 1.75 bits per heavy atom. The van der Waals surface area contributed by atoms with Crippen LogP contribution < -0.4 is 0 Å². The molecule has 68 valence electrons. The summed E-state index contributed by atoms with van der Waals surface area (Å²) in [6, 6.07) is 2.09. The first-order valence-electron chi connectivity index (χ1n) is 3.63. The van der Waals surface area contributed by atoms with E-state index in [0.29, 0.717) is 5.25 Å². The second kappa shape index (κ2) is 5.53. The van der Waals surface area contributed by atoms with E-state index in [2.05, 4.69) is 34.3 Å². The fourth-order valence-electron chi connectivity index (χ4n) is 0.691. The molecule has 0 radical (unpaired) electrons. The zero-order valence-corrected chi connectivity index (χ0v) is 10.7. The van der Waals surface area contributed by atoms with Crippen molar-refractivity contribution in [2.75, 3.05) is 5.88 Å². The molecule has 0 aliphatic heterocycles. The van der Waals surface area contributed by atoms with Gasteiger partial charge in [0.15, 0.2) is 0 Å². The zero-order valence-electron chi connectivity index (χ0n) is 6.72. The molecule has 0 nitrogen and oxygen atoms in total. The van der Waals surface area contributed by atoms with Gasteiger partial charge in [-0.1, -0.05) is 6.92 Å². The highest BCUT2D eigenvalue weighted by molar-refractivity contribution is 9.10. The lowest BCUT2D eigenvalue weighted by molar-refractivity contribution is 1.12. The van der Waals surface area contributed by atoms with Gasteiger partial charge in [0.25, 0.3) is 0 Å². The Labute approximate surface area is 94.8 Å². The molecule has 0 aromatic carbocycles. The molecular weight excluding hydrogens is 276 g/mol. The molecule has 0 amide bonds. The summed E-state index contributed by atoms with van der Waals surface area (Å²) in [5, 5.41) is 2.64. The van der Waals surface area contributed by atoms with Crippen LogP contribution >= 0.6 is 50.6 Å². The molecule has 1 rings (SSSR count). The maximum atomic E-state index is 5.70. The molecule has 0 fully saturated rings. The average molecular weight is 286 g/mol. The van der Waals surface area contributed by atoms with E-state index in [1.165, 1.54) is 9.35 Å². The summed E-state index contributed by atoms with van der Waals surface area (Å²) in [6.45, 7) is 2.15. The van der Waals surface area contributed by atoms with Crippen molar-refractivity contribution in [2.45, 2.75) is 17.9 Å². The Bertz CT molecular complexity index is 237. The van der Waals surface area contributed by atoms with Crippen molar-refractivity contribution >= 4 is 50.6 Å². The van der Waals surface area contributed by atoms with Crippen LogP contribution in [0.1, 0.15) is 11.8 Å². The van der Waals surface area contributed by atoms with Crippen molar-refractivity contribution < 1.29 is 0 Å². The van der Waals surface area contributed by atoms with Crippen LogP contribution in [0.15, 0.2) is 15.9 Å². The van der Waals surface area contributed by atoms with E-state index in [1.54, 1.807) is 11.3 Å². The number of hydrogen-bond acceptors (Lipinski definition) is 2. The van der Waals surface area contributed by atoms with Crippen LogP contribution in [0.25, 0.3) is 0 Å². The van der Waals surface area contributed by atoms with Gasteiger partial charge in [0.2, 0.25) is 0 Å². The predicted molar refractivity (Wildman–Crippen MR) is 63.5 cm³/mol. The Morgan fingerprint density at radius 2 is 2.50 bits per heavy atom. The van der Waals surface area contributed by atoms with Gasteiger partial charge in [-0.05, 0) is 27.4 Å². The Kier molecular flexibility index (Phi) is 5.02. The van der Waals surface area contributed by atoms with E-state index >= 15 is 0 Å². The van der Waals surface area contributed by atoms with Crippen molar-refractivity contribution in [1.82, 2.24) is 0 Å². The SMILES string of the molecule is CC(CCl)SCc1sccc1Br. The summed E-state index contributed by atoms with van der Waals surface area (Å²) in [4.78, 5) is 1.40. The van der Waals surface area contributed by atoms with Crippen molar-refractivity contribution in [3.63, 3.8) is 0 Å². The fourth-order valence-corrected chi connectivity index (χ4v) is 3.58. The normalized spacial score (nSPS) is 13.2. The topological polar surface area (TPSA) is 0 Å². The highest BCUT2D eigenvalue weighted by atomic mass is 79.9. The van der Waals surface area contributed by atoms with Gasteiger partial charge < -0.3 is 0 Å². The summed E-state index contributed by atoms with van der Waals surface area (Å²) in [5.41, 5.74) is 0. The van der Waals surface area contributed by atoms with Gasteiger partial charge in [-0.25, -0.2) is 0 Å². The molecule has 1 aromatic rings. The monoisotopic (exact) mass is 284 g/mol. The van der Waals surface area contributed by atoms with Gasteiger partial charge in [-0.15, -0.1) is 22.9 Å². The minimum Gasteiger partial charge on any atom is -0.152 e. The van der Waals surface area contributed by atoms with Gasteiger partial charge in [-0.2, -0.15) is 11.8 Å². The largest absolute Gasteiger partial charge is 0.152 e. The summed E-state index contributed by atoms with van der Waals surface area (Å²) < 4.78 is 1.22. The summed E-state index contributed by atoms with van der Waals surface area (Å²) in [6.07, 6.45) is 0. The third-order valence-electron chi connectivity index (χ3n) is 1.41. The number of rotatable bonds is 4. The summed E-state index contributed by atoms with van der Waals surface area (Å²) in [5.74, 6) is 1.79. The molecule has 1 aromatic heterocycles. The Balaban J connectivity index is 2.38. The maximum Gasteiger partial charge on any atom is 0.0340 e. The van der Waals surface area contributed by atoms with Crippen molar-refractivity contribution in [1.29, 1.82) is 0 Å². The molecule has 0 bridgehead atoms. The van der Waals surface area contributed by atoms with Crippen LogP contribution in [0.5, 0.6) is 0 Å². The van der Waals surface area contributed by atoms with E-state index in [9.17, 15) is 0 Å². The van der Waals surface area contributed by atoms with Crippen molar-refractivity contribution in [2.24, 2.45) is 0 Å². The van der Waals surface area contributed by atoms with Crippen LogP contribution in [-0.2, 0) is 5.75 Å². The number of hydrogen-bond donors (Lipinski definition) is 0. The lowest BCUT2D eigenvalue weighted by atomic mass is 10.5. The van der Waals surface area contributed by atoms with Gasteiger partial charge in [0.05, 0.1) is 0 Å². The first-order valence-corrected chi connectivity index (χ1v) is 6.89. The van der Waals surface area contributed by atoms with E-state index in [4.69, 9.17) is 11.6 Å². The number of thioether (sulfide) groups is 1. The molecule has 1 heterocycles. The van der Waals surface area contributed by atoms with Crippen LogP contribution in [0.4, 0.5) is 0 Å². The van der Waals surface area contributed by atoms with E-state index in [1.807, 2.05) is 11.8 Å². The molecule has 4 heteroatoms. The second-order valence-corrected chi connectivity index (χ2v) is 6.06. The molecular formula is C8H10BrClS2. The Morgan fingerprint density at radius 3 is 3.00 bits per heavy atom. The predicted octanol–water partition coefficient (Wildman–Crippen LogP) is 4.37. The zero-order chi connectivity index (χ0) is 8.97.